The van der Waals surface area contributed by atoms with Gasteiger partial charge in [-0.25, -0.2) is 4.98 Å². The average molecular weight is 260 g/mol. The topological polar surface area (TPSA) is 22.6 Å². The summed E-state index contributed by atoms with van der Waals surface area (Å²) in [5.74, 6) is 2.63. The van der Waals surface area contributed by atoms with Crippen LogP contribution in [0.2, 0.25) is 0 Å². The van der Waals surface area contributed by atoms with Crippen molar-refractivity contribution in [3.05, 3.63) is 47.7 Å². The second kappa shape index (κ2) is 4.96. The van der Waals surface area contributed by atoms with Crippen molar-refractivity contribution in [1.82, 2.24) is 15.0 Å². The average Bonchev–Trinajstić information content (AvgIpc) is 2.50. The van der Waals surface area contributed by atoms with Gasteiger partial charge in [-0.05, 0) is 31.9 Å². The molecule has 0 saturated carbocycles. The van der Waals surface area contributed by atoms with Gasteiger partial charge in [0.05, 0.1) is 0 Å². The van der Waals surface area contributed by atoms with E-state index in [9.17, 15) is 0 Å². The van der Waals surface area contributed by atoms with Crippen molar-refractivity contribution >= 4 is 5.82 Å². The number of anilines is 1. The van der Waals surface area contributed by atoms with E-state index in [-0.39, 0.29) is 7.43 Å². The molecule has 0 N–H and O–H groups in total. The highest BCUT2D eigenvalue weighted by atomic mass is 15.7. The molecule has 1 aliphatic heterocycles. The largest absolute Gasteiger partial charge is 0.272 e. The molecule has 2 heterocycles. The monoisotopic (exact) mass is 260 g/mol. The van der Waals surface area contributed by atoms with Crippen molar-refractivity contribution in [2.45, 2.75) is 28.2 Å². The fourth-order valence-electron chi connectivity index (χ4n) is 2.08. The number of rotatable bonds is 1. The van der Waals surface area contributed by atoms with Gasteiger partial charge in [0.15, 0.2) is 0 Å². The van der Waals surface area contributed by atoms with Crippen molar-refractivity contribution in [3.8, 4) is 0 Å². The Labute approximate surface area is 116 Å². The molecule has 1 fully saturated rings. The van der Waals surface area contributed by atoms with E-state index >= 15 is 0 Å². The van der Waals surface area contributed by atoms with E-state index < -0.39 is 0 Å². The molecule has 0 spiro atoms. The predicted molar refractivity (Wildman–Crippen MR) is 81.5 cm³/mol. The molecule has 0 unspecified atom stereocenters. The van der Waals surface area contributed by atoms with Gasteiger partial charge in [0.25, 0.3) is 0 Å². The molecule has 19 heavy (non-hydrogen) atoms. The van der Waals surface area contributed by atoms with Crippen LogP contribution in [0.25, 0.3) is 0 Å². The molecule has 4 nitrogen and oxygen atoms in total. The summed E-state index contributed by atoms with van der Waals surface area (Å²) < 4.78 is 0. The van der Waals surface area contributed by atoms with Crippen LogP contribution in [0.1, 0.15) is 24.2 Å². The first-order valence-electron chi connectivity index (χ1n) is 5.94. The minimum atomic E-state index is 0. The van der Waals surface area contributed by atoms with Gasteiger partial charge < -0.3 is 0 Å². The van der Waals surface area contributed by atoms with Crippen LogP contribution >= 0.6 is 0 Å². The van der Waals surface area contributed by atoms with Crippen LogP contribution in [-0.2, 0) is 0 Å². The molecule has 1 aromatic rings. The summed E-state index contributed by atoms with van der Waals surface area (Å²) >= 11 is 0. The molecule has 0 aromatic carbocycles. The summed E-state index contributed by atoms with van der Waals surface area (Å²) in [4.78, 5) is 6.66. The Morgan fingerprint density at radius 1 is 0.947 bits per heavy atom. The van der Waals surface area contributed by atoms with Gasteiger partial charge in [-0.3, -0.25) is 14.9 Å². The normalized spacial score (nSPS) is 15.1. The summed E-state index contributed by atoms with van der Waals surface area (Å²) in [6.07, 6.45) is 0. The number of hydrogen-bond donors (Lipinski definition) is 0. The maximum atomic E-state index is 4.67. The zero-order chi connectivity index (χ0) is 13.6. The molecular weight excluding hydrogens is 236 g/mol. The molecule has 0 bridgehead atoms. The molecule has 4 heteroatoms. The van der Waals surface area contributed by atoms with Crippen LogP contribution < -0.4 is 4.90 Å². The van der Waals surface area contributed by atoms with E-state index in [1.807, 2.05) is 35.9 Å². The number of pyridine rings is 1. The first kappa shape index (κ1) is 15.1. The minimum absolute atomic E-state index is 0. The van der Waals surface area contributed by atoms with E-state index in [0.717, 1.165) is 28.7 Å². The van der Waals surface area contributed by atoms with Gasteiger partial charge in [-0.1, -0.05) is 26.7 Å². The number of aromatic nitrogens is 1. The third-order valence-electron chi connectivity index (χ3n) is 3.56. The fourth-order valence-corrected chi connectivity index (χ4v) is 2.08. The quantitative estimate of drug-likeness (QED) is 0.773. The lowest BCUT2D eigenvalue weighted by molar-refractivity contribution is 0.146. The molecule has 1 aromatic heterocycles. The van der Waals surface area contributed by atoms with E-state index in [1.165, 1.54) is 5.56 Å². The summed E-state index contributed by atoms with van der Waals surface area (Å²) in [6, 6.07) is 2.15. The smallest absolute Gasteiger partial charge is 0.143 e. The molecule has 0 radical (unpaired) electrons. The lowest BCUT2D eigenvalue weighted by atomic mass is 10.1. The van der Waals surface area contributed by atoms with Crippen LogP contribution in [0, 0.1) is 20.8 Å². The predicted octanol–water partition coefficient (Wildman–Crippen LogP) is 3.18. The maximum Gasteiger partial charge on any atom is 0.143 e. The zero-order valence-corrected chi connectivity index (χ0v) is 11.8. The third-order valence-corrected chi connectivity index (χ3v) is 3.56. The summed E-state index contributed by atoms with van der Waals surface area (Å²) in [5.41, 5.74) is 3.37. The van der Waals surface area contributed by atoms with E-state index in [0.29, 0.717) is 0 Å². The molecule has 1 saturated heterocycles. The van der Waals surface area contributed by atoms with Gasteiger partial charge in [0.2, 0.25) is 0 Å². The maximum absolute atomic E-state index is 4.67. The number of hydrazine groups is 1. The van der Waals surface area contributed by atoms with Gasteiger partial charge in [0.1, 0.15) is 17.5 Å². The highest BCUT2D eigenvalue weighted by Crippen LogP contribution is 2.33. The van der Waals surface area contributed by atoms with Crippen LogP contribution in [0.3, 0.4) is 0 Å². The number of aryl methyl sites for hydroxylation is 3. The summed E-state index contributed by atoms with van der Waals surface area (Å²) in [6.45, 7) is 14.4. The molecular formula is C15H24N4. The Bertz CT molecular complexity index is 513. The second-order valence-corrected chi connectivity index (χ2v) is 4.75. The van der Waals surface area contributed by atoms with Gasteiger partial charge in [-0.2, -0.15) is 0 Å². The Balaban J connectivity index is 0.00000180. The molecule has 0 aliphatic carbocycles. The van der Waals surface area contributed by atoms with E-state index in [2.05, 4.69) is 38.1 Å². The van der Waals surface area contributed by atoms with Crippen molar-refractivity contribution in [3.63, 3.8) is 0 Å². The lowest BCUT2D eigenvalue weighted by Crippen LogP contribution is -2.26. The highest BCUT2D eigenvalue weighted by molar-refractivity contribution is 5.59. The van der Waals surface area contributed by atoms with Crippen LogP contribution in [0.5, 0.6) is 0 Å². The Kier molecular flexibility index (Phi) is 3.94. The first-order chi connectivity index (χ1) is 8.34. The Morgan fingerprint density at radius 3 is 1.89 bits per heavy atom. The molecule has 0 atom stereocenters. The van der Waals surface area contributed by atoms with Crippen LogP contribution in [0.15, 0.2) is 30.9 Å². The Morgan fingerprint density at radius 2 is 1.42 bits per heavy atom. The minimum Gasteiger partial charge on any atom is -0.272 e. The Hall–Kier alpha value is -1.97. The zero-order valence-electron chi connectivity index (χ0n) is 11.8. The first-order valence-corrected chi connectivity index (χ1v) is 5.94. The van der Waals surface area contributed by atoms with Gasteiger partial charge in [0, 0.05) is 19.8 Å². The van der Waals surface area contributed by atoms with E-state index in [1.54, 1.807) is 0 Å². The molecule has 2 rings (SSSR count). The van der Waals surface area contributed by atoms with Gasteiger partial charge >= 0.3 is 0 Å². The summed E-state index contributed by atoms with van der Waals surface area (Å²) in [7, 11) is 3.92. The standard InChI is InChI=1S/C14H20N4.CH4/c1-9-8-10(2)14(15-11(9)3)18-12(4)16(6)17(7)13(18)5;/h8H,4-5H2,1-3,6-7H3;1H4. The van der Waals surface area contributed by atoms with Crippen LogP contribution in [0.4, 0.5) is 5.82 Å². The van der Waals surface area contributed by atoms with Crippen molar-refractivity contribution in [2.24, 2.45) is 0 Å². The SMILES string of the molecule is C.C=C1N(c2nc(C)c(C)cc2C)C(=C)N(C)N1C. The van der Waals surface area contributed by atoms with Crippen LogP contribution in [-0.4, -0.2) is 29.1 Å². The number of hydrogen-bond acceptors (Lipinski definition) is 4. The highest BCUT2D eigenvalue weighted by Gasteiger charge is 2.31. The molecule has 1 aliphatic rings. The van der Waals surface area contributed by atoms with Crippen molar-refractivity contribution in [2.75, 3.05) is 19.0 Å². The second-order valence-electron chi connectivity index (χ2n) is 4.75. The van der Waals surface area contributed by atoms with Crippen molar-refractivity contribution in [1.29, 1.82) is 0 Å². The summed E-state index contributed by atoms with van der Waals surface area (Å²) in [5, 5.41) is 3.91. The van der Waals surface area contributed by atoms with Crippen molar-refractivity contribution < 1.29 is 0 Å². The number of nitrogens with zero attached hydrogens (tertiary/aromatic N) is 4. The third kappa shape index (κ3) is 2.18. The van der Waals surface area contributed by atoms with Gasteiger partial charge in [-0.15, -0.1) is 0 Å². The lowest BCUT2D eigenvalue weighted by Gasteiger charge is -2.20. The fraction of sp³-hybridized carbons (Fsp3) is 0.400. The molecule has 0 amide bonds. The van der Waals surface area contributed by atoms with E-state index in [4.69, 9.17) is 0 Å². The molecule has 104 valence electrons.